The predicted molar refractivity (Wildman–Crippen MR) is 82.4 cm³/mol. The third kappa shape index (κ3) is 2.33. The number of ether oxygens (including phenoxy) is 1. The van der Waals surface area contributed by atoms with Crippen molar-refractivity contribution in [1.29, 1.82) is 0 Å². The Morgan fingerprint density at radius 2 is 2.32 bits per heavy atom. The molecule has 7 heteroatoms. The van der Waals surface area contributed by atoms with Gasteiger partial charge in [-0.1, -0.05) is 11.3 Å². The van der Waals surface area contributed by atoms with Crippen molar-refractivity contribution in [2.24, 2.45) is 0 Å². The first kappa shape index (κ1) is 13.3. The number of likely N-dealkylation sites (tertiary alicyclic amines) is 1. The molecule has 0 aliphatic carbocycles. The Bertz CT molecular complexity index is 821. The zero-order chi connectivity index (χ0) is 15.1. The second-order valence-electron chi connectivity index (χ2n) is 5.34. The number of amides is 1. The molecule has 1 aliphatic heterocycles. The van der Waals surface area contributed by atoms with Crippen LogP contribution >= 0.6 is 11.3 Å². The number of hydrogen-bond acceptors (Lipinski definition) is 5. The summed E-state index contributed by atoms with van der Waals surface area (Å²) in [5.74, 6) is -0.0552. The Hall–Kier alpha value is -2.41. The van der Waals surface area contributed by atoms with E-state index in [2.05, 4.69) is 9.97 Å². The number of carbonyl (C=O) groups excluding carboxylic acids is 1. The highest BCUT2D eigenvalue weighted by molar-refractivity contribution is 7.11. The van der Waals surface area contributed by atoms with E-state index < -0.39 is 0 Å². The summed E-state index contributed by atoms with van der Waals surface area (Å²) < 4.78 is 7.53. The van der Waals surface area contributed by atoms with E-state index in [1.807, 2.05) is 35.0 Å². The van der Waals surface area contributed by atoms with Gasteiger partial charge in [-0.3, -0.25) is 4.79 Å². The average molecular weight is 314 g/mol. The van der Waals surface area contributed by atoms with Gasteiger partial charge in [-0.05, 0) is 24.6 Å². The quantitative estimate of drug-likeness (QED) is 0.742. The molecular formula is C15H14N4O2S. The smallest absolute Gasteiger partial charge is 0.274 e. The van der Waals surface area contributed by atoms with E-state index in [0.29, 0.717) is 24.0 Å². The van der Waals surface area contributed by atoms with Crippen molar-refractivity contribution >= 4 is 22.9 Å². The van der Waals surface area contributed by atoms with Crippen LogP contribution < -0.4 is 4.74 Å². The fraction of sp³-hybridized carbons (Fsp3) is 0.267. The normalized spacial score (nSPS) is 15.0. The number of thiazole rings is 1. The number of nitrogens with zero attached hydrogens (tertiary/aromatic N) is 4. The Kier molecular flexibility index (Phi) is 3.07. The number of rotatable bonds is 3. The molecule has 3 aromatic rings. The minimum Gasteiger partial charge on any atom is -0.463 e. The lowest BCUT2D eigenvalue weighted by atomic mass is 10.1. The average Bonchev–Trinajstić information content (AvgIpc) is 3.10. The minimum absolute atomic E-state index is 0.0226. The van der Waals surface area contributed by atoms with E-state index in [4.69, 9.17) is 4.74 Å². The van der Waals surface area contributed by atoms with E-state index in [9.17, 15) is 4.79 Å². The first-order valence-corrected chi connectivity index (χ1v) is 7.88. The monoisotopic (exact) mass is 314 g/mol. The summed E-state index contributed by atoms with van der Waals surface area (Å²) in [7, 11) is 0. The summed E-state index contributed by atoms with van der Waals surface area (Å²) in [5, 5.41) is 2.52. The maximum Gasteiger partial charge on any atom is 0.274 e. The molecule has 1 amide bonds. The molecular weight excluding hydrogens is 300 g/mol. The van der Waals surface area contributed by atoms with Crippen molar-refractivity contribution in [3.05, 3.63) is 47.4 Å². The highest BCUT2D eigenvalue weighted by Gasteiger charge is 2.34. The summed E-state index contributed by atoms with van der Waals surface area (Å²) in [6.45, 7) is 3.16. The maximum absolute atomic E-state index is 12.4. The number of imidazole rings is 1. The fourth-order valence-electron chi connectivity index (χ4n) is 2.44. The molecule has 4 heterocycles. The SMILES string of the molecule is Cc1ccn2cc(C(=O)N3CC(Oc4nccs4)C3)nc2c1. The molecule has 1 saturated heterocycles. The summed E-state index contributed by atoms with van der Waals surface area (Å²) >= 11 is 1.46. The van der Waals surface area contributed by atoms with Crippen molar-refractivity contribution in [2.75, 3.05) is 13.1 Å². The molecule has 0 N–H and O–H groups in total. The van der Waals surface area contributed by atoms with Gasteiger partial charge in [-0.15, -0.1) is 0 Å². The van der Waals surface area contributed by atoms with Crippen molar-refractivity contribution in [3.8, 4) is 5.19 Å². The first-order chi connectivity index (χ1) is 10.7. The second-order valence-corrected chi connectivity index (χ2v) is 6.20. The topological polar surface area (TPSA) is 59.7 Å². The number of aryl methyl sites for hydroxylation is 1. The summed E-state index contributed by atoms with van der Waals surface area (Å²) in [6, 6.07) is 3.95. The zero-order valence-electron chi connectivity index (χ0n) is 12.0. The van der Waals surface area contributed by atoms with Crippen LogP contribution in [0.2, 0.25) is 0 Å². The van der Waals surface area contributed by atoms with Gasteiger partial charge < -0.3 is 14.0 Å². The van der Waals surface area contributed by atoms with Gasteiger partial charge in [0, 0.05) is 24.0 Å². The van der Waals surface area contributed by atoms with E-state index in [0.717, 1.165) is 11.2 Å². The van der Waals surface area contributed by atoms with Gasteiger partial charge in [0.1, 0.15) is 17.4 Å². The molecule has 0 radical (unpaired) electrons. The van der Waals surface area contributed by atoms with Crippen molar-refractivity contribution in [1.82, 2.24) is 19.3 Å². The molecule has 112 valence electrons. The standard InChI is InChI=1S/C15H14N4O2S/c1-10-2-4-18-9-12(17-13(18)6-10)14(20)19-7-11(8-19)21-15-16-3-5-22-15/h2-6,9,11H,7-8H2,1H3. The molecule has 1 aliphatic rings. The molecule has 4 rings (SSSR count). The van der Waals surface area contributed by atoms with E-state index in [-0.39, 0.29) is 12.0 Å². The van der Waals surface area contributed by atoms with Gasteiger partial charge >= 0.3 is 0 Å². The lowest BCUT2D eigenvalue weighted by molar-refractivity contribution is 0.0173. The number of carbonyl (C=O) groups is 1. The van der Waals surface area contributed by atoms with E-state index in [1.165, 1.54) is 11.3 Å². The van der Waals surface area contributed by atoms with Crippen LogP contribution in [-0.2, 0) is 0 Å². The summed E-state index contributed by atoms with van der Waals surface area (Å²) in [6.07, 6.45) is 5.42. The predicted octanol–water partition coefficient (Wildman–Crippen LogP) is 2.00. The van der Waals surface area contributed by atoms with Gasteiger partial charge in [-0.2, -0.15) is 0 Å². The van der Waals surface area contributed by atoms with Crippen LogP contribution in [0.1, 0.15) is 16.1 Å². The third-order valence-electron chi connectivity index (χ3n) is 3.65. The summed E-state index contributed by atoms with van der Waals surface area (Å²) in [4.78, 5) is 22.6. The molecule has 0 atom stereocenters. The number of pyridine rings is 1. The number of hydrogen-bond donors (Lipinski definition) is 0. The lowest BCUT2D eigenvalue weighted by Crippen LogP contribution is -2.56. The maximum atomic E-state index is 12.4. The highest BCUT2D eigenvalue weighted by atomic mass is 32.1. The Balaban J connectivity index is 1.44. The van der Waals surface area contributed by atoms with Crippen LogP contribution in [0.15, 0.2) is 36.1 Å². The van der Waals surface area contributed by atoms with Crippen LogP contribution in [0, 0.1) is 6.92 Å². The van der Waals surface area contributed by atoms with Gasteiger partial charge in [0.25, 0.3) is 11.1 Å². The van der Waals surface area contributed by atoms with E-state index in [1.54, 1.807) is 17.3 Å². The van der Waals surface area contributed by atoms with Gasteiger partial charge in [0.2, 0.25) is 0 Å². The number of fused-ring (bicyclic) bond motifs is 1. The molecule has 3 aromatic heterocycles. The van der Waals surface area contributed by atoms with Gasteiger partial charge in [0.05, 0.1) is 13.1 Å². The van der Waals surface area contributed by atoms with Crippen LogP contribution in [-0.4, -0.2) is 44.4 Å². The largest absolute Gasteiger partial charge is 0.463 e. The van der Waals surface area contributed by atoms with Crippen LogP contribution in [0.25, 0.3) is 5.65 Å². The molecule has 0 unspecified atom stereocenters. The van der Waals surface area contributed by atoms with Crippen molar-refractivity contribution in [2.45, 2.75) is 13.0 Å². The molecule has 6 nitrogen and oxygen atoms in total. The van der Waals surface area contributed by atoms with Crippen LogP contribution in [0.3, 0.4) is 0 Å². The number of aromatic nitrogens is 3. The van der Waals surface area contributed by atoms with Crippen LogP contribution in [0.5, 0.6) is 5.19 Å². The molecule has 0 saturated carbocycles. The highest BCUT2D eigenvalue weighted by Crippen LogP contribution is 2.21. The Morgan fingerprint density at radius 3 is 3.09 bits per heavy atom. The molecule has 0 spiro atoms. The molecule has 22 heavy (non-hydrogen) atoms. The van der Waals surface area contributed by atoms with Crippen molar-refractivity contribution in [3.63, 3.8) is 0 Å². The molecule has 0 bridgehead atoms. The third-order valence-corrected chi connectivity index (χ3v) is 4.31. The Morgan fingerprint density at radius 1 is 1.45 bits per heavy atom. The Labute approximate surface area is 131 Å². The second kappa shape index (κ2) is 5.10. The molecule has 0 aromatic carbocycles. The van der Waals surface area contributed by atoms with E-state index >= 15 is 0 Å². The molecule has 1 fully saturated rings. The zero-order valence-corrected chi connectivity index (χ0v) is 12.8. The van der Waals surface area contributed by atoms with Crippen LogP contribution in [0.4, 0.5) is 0 Å². The van der Waals surface area contributed by atoms with Crippen molar-refractivity contribution < 1.29 is 9.53 Å². The first-order valence-electron chi connectivity index (χ1n) is 7.00. The van der Waals surface area contributed by atoms with Gasteiger partial charge in [0.15, 0.2) is 0 Å². The van der Waals surface area contributed by atoms with Gasteiger partial charge in [-0.25, -0.2) is 9.97 Å². The summed E-state index contributed by atoms with van der Waals surface area (Å²) in [5.41, 5.74) is 2.38. The lowest BCUT2D eigenvalue weighted by Gasteiger charge is -2.37. The minimum atomic E-state index is -0.0552. The fourth-order valence-corrected chi connectivity index (χ4v) is 2.99.